The van der Waals surface area contributed by atoms with Crippen LogP contribution in [-0.4, -0.2) is 11.1 Å². The van der Waals surface area contributed by atoms with Crippen molar-refractivity contribution < 1.29 is 19.1 Å². The molecule has 1 aromatic carbocycles. The maximum Gasteiger partial charge on any atom is 0.336 e. The van der Waals surface area contributed by atoms with Crippen molar-refractivity contribution in [3.05, 3.63) is 53.1 Å². The lowest BCUT2D eigenvalue weighted by Crippen LogP contribution is -1.94. The van der Waals surface area contributed by atoms with E-state index in [0.717, 1.165) is 17.7 Å². The third-order valence-corrected chi connectivity index (χ3v) is 2.01. The zero-order chi connectivity index (χ0) is 12.3. The molecule has 0 aliphatic carbocycles. The fraction of sp³-hybridized carbons (Fsp3) is 0. The summed E-state index contributed by atoms with van der Waals surface area (Å²) in [5, 5.41) is 9.14. The number of ether oxygens (including phenoxy) is 1. The summed E-state index contributed by atoms with van der Waals surface area (Å²) >= 11 is 0. The molecule has 0 aliphatic rings. The van der Waals surface area contributed by atoms with Gasteiger partial charge in [0, 0.05) is 17.5 Å². The number of aliphatic carboxylic acids is 1. The highest BCUT2D eigenvalue weighted by Gasteiger charge is 1.99. The number of carboxylic acids is 1. The van der Waals surface area contributed by atoms with E-state index in [1.54, 1.807) is 18.2 Å². The molecule has 0 atom stereocenters. The minimum Gasteiger partial charge on any atom is -0.478 e. The van der Waals surface area contributed by atoms with Gasteiger partial charge in [-0.15, -0.1) is 0 Å². The van der Waals surface area contributed by atoms with E-state index in [-0.39, 0.29) is 0 Å². The third kappa shape index (κ3) is 2.72. The minimum atomic E-state index is -1.10. The summed E-state index contributed by atoms with van der Waals surface area (Å²) < 4.78 is 10.00. The Bertz CT molecular complexity index is 639. The molecule has 0 radical (unpaired) electrons. The standard InChI is InChI=1S/C12H8O5/c13-11(14)5-6-16-9-3-1-8-2-4-12(15)17-10(8)7-9/h1-7H,(H,13,14)/b6-5+. The van der Waals surface area contributed by atoms with Gasteiger partial charge in [-0.3, -0.25) is 0 Å². The molecule has 86 valence electrons. The monoisotopic (exact) mass is 232 g/mol. The van der Waals surface area contributed by atoms with Crippen LogP contribution in [0, 0.1) is 0 Å². The molecule has 5 nitrogen and oxygen atoms in total. The minimum absolute atomic E-state index is 0.388. The molecule has 2 rings (SSSR count). The Morgan fingerprint density at radius 3 is 2.82 bits per heavy atom. The Kier molecular flexibility index (Phi) is 2.91. The van der Waals surface area contributed by atoms with E-state index >= 15 is 0 Å². The first-order valence-electron chi connectivity index (χ1n) is 4.75. The number of hydrogen-bond acceptors (Lipinski definition) is 4. The summed E-state index contributed by atoms with van der Waals surface area (Å²) in [7, 11) is 0. The molecule has 1 aromatic heterocycles. The second kappa shape index (κ2) is 4.52. The Hall–Kier alpha value is -2.56. The van der Waals surface area contributed by atoms with Gasteiger partial charge in [-0.1, -0.05) is 0 Å². The van der Waals surface area contributed by atoms with Crippen molar-refractivity contribution >= 4 is 16.9 Å². The van der Waals surface area contributed by atoms with E-state index in [2.05, 4.69) is 0 Å². The van der Waals surface area contributed by atoms with Crippen LogP contribution in [0.5, 0.6) is 5.75 Å². The van der Waals surface area contributed by atoms with Crippen LogP contribution in [0.3, 0.4) is 0 Å². The molecular formula is C12H8O5. The van der Waals surface area contributed by atoms with Crippen molar-refractivity contribution in [1.82, 2.24) is 0 Å². The van der Waals surface area contributed by atoms with E-state index in [1.165, 1.54) is 12.1 Å². The number of benzene rings is 1. The summed E-state index contributed by atoms with van der Waals surface area (Å²) in [6.45, 7) is 0. The maximum atomic E-state index is 11.0. The van der Waals surface area contributed by atoms with E-state index < -0.39 is 11.6 Å². The van der Waals surface area contributed by atoms with E-state index in [1.807, 2.05) is 0 Å². The summed E-state index contributed by atoms with van der Waals surface area (Å²) in [5.41, 5.74) is -0.0607. The molecule has 0 spiro atoms. The van der Waals surface area contributed by atoms with Gasteiger partial charge in [-0.25, -0.2) is 9.59 Å². The Morgan fingerprint density at radius 2 is 2.06 bits per heavy atom. The highest BCUT2D eigenvalue weighted by atomic mass is 16.5. The second-order valence-corrected chi connectivity index (χ2v) is 3.21. The van der Waals surface area contributed by atoms with Crippen molar-refractivity contribution in [2.24, 2.45) is 0 Å². The molecule has 0 aliphatic heterocycles. The fourth-order valence-electron chi connectivity index (χ4n) is 1.29. The number of fused-ring (bicyclic) bond motifs is 1. The molecular weight excluding hydrogens is 224 g/mol. The number of carbonyl (C=O) groups is 1. The van der Waals surface area contributed by atoms with E-state index in [9.17, 15) is 9.59 Å². The van der Waals surface area contributed by atoms with Crippen LogP contribution in [0.4, 0.5) is 0 Å². The Labute approximate surface area is 95.6 Å². The molecule has 17 heavy (non-hydrogen) atoms. The first-order chi connectivity index (χ1) is 8.15. The van der Waals surface area contributed by atoms with Gasteiger partial charge in [-0.2, -0.15) is 0 Å². The summed E-state index contributed by atoms with van der Waals surface area (Å²) in [6.07, 6.45) is 1.91. The number of carboxylic acid groups (broad SMARTS) is 1. The Morgan fingerprint density at radius 1 is 1.29 bits per heavy atom. The van der Waals surface area contributed by atoms with Gasteiger partial charge in [0.1, 0.15) is 11.3 Å². The molecule has 2 aromatic rings. The number of rotatable bonds is 3. The lowest BCUT2D eigenvalue weighted by Gasteiger charge is -2.00. The normalized spacial score (nSPS) is 10.8. The molecule has 0 unspecified atom stereocenters. The van der Waals surface area contributed by atoms with Crippen LogP contribution in [-0.2, 0) is 4.79 Å². The predicted molar refractivity (Wildman–Crippen MR) is 59.9 cm³/mol. The topological polar surface area (TPSA) is 76.7 Å². The van der Waals surface area contributed by atoms with Crippen molar-refractivity contribution in [3.8, 4) is 5.75 Å². The van der Waals surface area contributed by atoms with Crippen LogP contribution >= 0.6 is 0 Å². The molecule has 1 N–H and O–H groups in total. The molecule has 1 heterocycles. The van der Waals surface area contributed by atoms with Crippen molar-refractivity contribution in [3.63, 3.8) is 0 Å². The van der Waals surface area contributed by atoms with Crippen LogP contribution < -0.4 is 10.4 Å². The summed E-state index contributed by atoms with van der Waals surface area (Å²) in [4.78, 5) is 21.2. The van der Waals surface area contributed by atoms with Gasteiger partial charge in [0.05, 0.1) is 12.3 Å². The quantitative estimate of drug-likeness (QED) is 0.495. The largest absolute Gasteiger partial charge is 0.478 e. The zero-order valence-corrected chi connectivity index (χ0v) is 8.62. The smallest absolute Gasteiger partial charge is 0.336 e. The lowest BCUT2D eigenvalue weighted by molar-refractivity contribution is -0.131. The van der Waals surface area contributed by atoms with Crippen molar-refractivity contribution in [2.75, 3.05) is 0 Å². The zero-order valence-electron chi connectivity index (χ0n) is 8.62. The third-order valence-electron chi connectivity index (χ3n) is 2.01. The number of hydrogen-bond donors (Lipinski definition) is 1. The van der Waals surface area contributed by atoms with Crippen LogP contribution in [0.25, 0.3) is 11.0 Å². The highest BCUT2D eigenvalue weighted by Crippen LogP contribution is 2.19. The van der Waals surface area contributed by atoms with Crippen molar-refractivity contribution in [2.45, 2.75) is 0 Å². The second-order valence-electron chi connectivity index (χ2n) is 3.21. The molecule has 0 fully saturated rings. The Balaban J connectivity index is 2.31. The van der Waals surface area contributed by atoms with Crippen LogP contribution in [0.1, 0.15) is 0 Å². The first-order valence-corrected chi connectivity index (χ1v) is 4.75. The average Bonchev–Trinajstić information content (AvgIpc) is 2.28. The SMILES string of the molecule is O=C(O)/C=C/Oc1ccc2ccc(=O)oc2c1. The molecule has 5 heteroatoms. The van der Waals surface area contributed by atoms with Gasteiger partial charge in [0.2, 0.25) is 0 Å². The van der Waals surface area contributed by atoms with Gasteiger partial charge in [0.25, 0.3) is 0 Å². The molecule has 0 amide bonds. The van der Waals surface area contributed by atoms with Gasteiger partial charge in [-0.05, 0) is 18.2 Å². The molecule has 0 saturated heterocycles. The van der Waals surface area contributed by atoms with E-state index in [4.69, 9.17) is 14.3 Å². The lowest BCUT2D eigenvalue weighted by atomic mass is 10.2. The van der Waals surface area contributed by atoms with Crippen LogP contribution in [0.2, 0.25) is 0 Å². The first kappa shape index (κ1) is 10.9. The van der Waals surface area contributed by atoms with E-state index in [0.29, 0.717) is 11.3 Å². The molecule has 0 bridgehead atoms. The summed E-state index contributed by atoms with van der Waals surface area (Å²) in [6, 6.07) is 7.84. The van der Waals surface area contributed by atoms with Gasteiger partial charge >= 0.3 is 11.6 Å². The maximum absolute atomic E-state index is 11.0. The van der Waals surface area contributed by atoms with Gasteiger partial charge in [0.15, 0.2) is 0 Å². The average molecular weight is 232 g/mol. The molecule has 0 saturated carbocycles. The fourth-order valence-corrected chi connectivity index (χ4v) is 1.29. The van der Waals surface area contributed by atoms with Crippen molar-refractivity contribution in [1.29, 1.82) is 0 Å². The van der Waals surface area contributed by atoms with Gasteiger partial charge < -0.3 is 14.3 Å². The highest BCUT2D eigenvalue weighted by molar-refractivity contribution is 5.79. The summed E-state index contributed by atoms with van der Waals surface area (Å²) in [5.74, 6) is -0.707. The van der Waals surface area contributed by atoms with Crippen LogP contribution in [0.15, 0.2) is 51.9 Å². The predicted octanol–water partition coefficient (Wildman–Crippen LogP) is 1.77.